The Morgan fingerprint density at radius 1 is 1.35 bits per heavy atom. The minimum absolute atomic E-state index is 0.442. The molecule has 4 rings (SSSR count). The van der Waals surface area contributed by atoms with Crippen molar-refractivity contribution < 1.29 is 4.79 Å². The van der Waals surface area contributed by atoms with Gasteiger partial charge in [-0.15, -0.1) is 0 Å². The normalized spacial score (nSPS) is 22.6. The Kier molecular flexibility index (Phi) is 2.43. The quantitative estimate of drug-likeness (QED) is 0.802. The summed E-state index contributed by atoms with van der Waals surface area (Å²) in [7, 11) is 0. The number of amides is 1. The molecule has 0 bridgehead atoms. The third kappa shape index (κ3) is 1.60. The van der Waals surface area contributed by atoms with Crippen molar-refractivity contribution in [3.8, 4) is 0 Å². The second-order valence-electron chi connectivity index (χ2n) is 6.59. The van der Waals surface area contributed by atoms with Crippen LogP contribution >= 0.6 is 0 Å². The van der Waals surface area contributed by atoms with Crippen molar-refractivity contribution in [1.82, 2.24) is 14.5 Å². The number of pyridine rings is 1. The van der Waals surface area contributed by atoms with Gasteiger partial charge in [-0.3, -0.25) is 4.79 Å². The molecule has 1 aliphatic heterocycles. The van der Waals surface area contributed by atoms with E-state index < -0.39 is 0 Å². The van der Waals surface area contributed by atoms with Gasteiger partial charge in [0.25, 0.3) is 0 Å². The van der Waals surface area contributed by atoms with Gasteiger partial charge < -0.3 is 4.90 Å². The number of nitrogens with zero attached hydrogens (tertiary/aromatic N) is 3. The highest BCUT2D eigenvalue weighted by molar-refractivity contribution is 5.50. The molecule has 1 spiro atoms. The van der Waals surface area contributed by atoms with Gasteiger partial charge in [0, 0.05) is 36.3 Å². The first-order valence-electron chi connectivity index (χ1n) is 7.33. The summed E-state index contributed by atoms with van der Waals surface area (Å²) in [6.07, 6.45) is 5.33. The third-order valence-electron chi connectivity index (χ3n) is 5.24. The standard InChI is InChI=1S/C16H19N3O/c1-12(13-7-16(8-13)9-18(10-16)11-20)15-4-2-3-14-5-6-17-19(14)15/h2-6,11-13H,7-10H2,1H3. The lowest BCUT2D eigenvalue weighted by Gasteiger charge is -2.59. The van der Waals surface area contributed by atoms with Crippen molar-refractivity contribution in [3.05, 3.63) is 36.2 Å². The fourth-order valence-corrected chi connectivity index (χ4v) is 4.11. The molecule has 1 aliphatic carbocycles. The summed E-state index contributed by atoms with van der Waals surface area (Å²) in [5.74, 6) is 1.24. The molecule has 0 aromatic carbocycles. The van der Waals surface area contributed by atoms with Gasteiger partial charge in [-0.2, -0.15) is 5.10 Å². The van der Waals surface area contributed by atoms with Crippen molar-refractivity contribution in [2.45, 2.75) is 25.7 Å². The zero-order valence-electron chi connectivity index (χ0n) is 11.7. The number of carbonyl (C=O) groups is 1. The van der Waals surface area contributed by atoms with Crippen LogP contribution in [0.15, 0.2) is 30.5 Å². The topological polar surface area (TPSA) is 37.6 Å². The van der Waals surface area contributed by atoms with E-state index in [-0.39, 0.29) is 0 Å². The Hall–Kier alpha value is -1.84. The van der Waals surface area contributed by atoms with E-state index in [0.29, 0.717) is 11.3 Å². The smallest absolute Gasteiger partial charge is 0.209 e. The average Bonchev–Trinajstić information content (AvgIpc) is 2.83. The van der Waals surface area contributed by atoms with Crippen molar-refractivity contribution in [3.63, 3.8) is 0 Å². The zero-order valence-corrected chi connectivity index (χ0v) is 11.7. The van der Waals surface area contributed by atoms with E-state index in [0.717, 1.165) is 25.4 Å². The van der Waals surface area contributed by atoms with Crippen LogP contribution in [0.4, 0.5) is 0 Å². The van der Waals surface area contributed by atoms with Crippen LogP contribution in [-0.2, 0) is 4.79 Å². The van der Waals surface area contributed by atoms with Crippen LogP contribution in [0.1, 0.15) is 31.4 Å². The Labute approximate surface area is 118 Å². The summed E-state index contributed by atoms with van der Waals surface area (Å²) in [5.41, 5.74) is 2.91. The van der Waals surface area contributed by atoms with Gasteiger partial charge in [-0.1, -0.05) is 13.0 Å². The van der Waals surface area contributed by atoms with Crippen LogP contribution in [0.2, 0.25) is 0 Å². The van der Waals surface area contributed by atoms with E-state index in [1.54, 1.807) is 0 Å². The predicted octanol–water partition coefficient (Wildman–Crippen LogP) is 2.31. The number of rotatable bonds is 3. The number of hydrogen-bond acceptors (Lipinski definition) is 2. The lowest BCUT2D eigenvalue weighted by Crippen LogP contribution is -2.62. The first-order valence-corrected chi connectivity index (χ1v) is 7.33. The summed E-state index contributed by atoms with van der Waals surface area (Å²) in [6.45, 7) is 4.24. The second kappa shape index (κ2) is 4.08. The van der Waals surface area contributed by atoms with Crippen molar-refractivity contribution >= 4 is 11.9 Å². The van der Waals surface area contributed by atoms with Gasteiger partial charge in [0.1, 0.15) is 0 Å². The molecule has 104 valence electrons. The summed E-state index contributed by atoms with van der Waals surface area (Å²) in [5, 5.41) is 4.44. The highest BCUT2D eigenvalue weighted by Crippen LogP contribution is 2.55. The number of fused-ring (bicyclic) bond motifs is 1. The van der Waals surface area contributed by atoms with Crippen LogP contribution in [-0.4, -0.2) is 34.0 Å². The Balaban J connectivity index is 1.51. The van der Waals surface area contributed by atoms with Gasteiger partial charge in [0.05, 0.1) is 5.52 Å². The zero-order chi connectivity index (χ0) is 13.7. The minimum atomic E-state index is 0.442. The molecule has 2 fully saturated rings. The monoisotopic (exact) mass is 269 g/mol. The number of carbonyl (C=O) groups excluding carboxylic acids is 1. The van der Waals surface area contributed by atoms with Crippen molar-refractivity contribution in [2.24, 2.45) is 11.3 Å². The Morgan fingerprint density at radius 3 is 2.90 bits per heavy atom. The third-order valence-corrected chi connectivity index (χ3v) is 5.24. The maximum atomic E-state index is 10.7. The van der Waals surface area contributed by atoms with E-state index in [2.05, 4.69) is 34.7 Å². The van der Waals surface area contributed by atoms with E-state index >= 15 is 0 Å². The lowest BCUT2D eigenvalue weighted by atomic mass is 9.54. The van der Waals surface area contributed by atoms with Crippen LogP contribution in [0, 0.1) is 11.3 Å². The molecule has 1 amide bonds. The summed E-state index contributed by atoms with van der Waals surface area (Å²) >= 11 is 0. The summed E-state index contributed by atoms with van der Waals surface area (Å²) in [6, 6.07) is 8.45. The molecule has 4 nitrogen and oxygen atoms in total. The maximum Gasteiger partial charge on any atom is 0.209 e. The van der Waals surface area contributed by atoms with Gasteiger partial charge in [0.15, 0.2) is 0 Å². The van der Waals surface area contributed by atoms with Crippen LogP contribution in [0.5, 0.6) is 0 Å². The molecule has 1 atom stereocenters. The molecule has 20 heavy (non-hydrogen) atoms. The van der Waals surface area contributed by atoms with Crippen LogP contribution < -0.4 is 0 Å². The van der Waals surface area contributed by atoms with Crippen molar-refractivity contribution in [2.75, 3.05) is 13.1 Å². The average molecular weight is 269 g/mol. The predicted molar refractivity (Wildman–Crippen MR) is 76.4 cm³/mol. The highest BCUT2D eigenvalue weighted by Gasteiger charge is 2.53. The van der Waals surface area contributed by atoms with Crippen molar-refractivity contribution in [1.29, 1.82) is 0 Å². The molecule has 1 unspecified atom stereocenters. The molecule has 2 aromatic heterocycles. The van der Waals surface area contributed by atoms with Gasteiger partial charge in [-0.05, 0) is 37.0 Å². The van der Waals surface area contributed by atoms with Crippen LogP contribution in [0.3, 0.4) is 0 Å². The number of likely N-dealkylation sites (tertiary alicyclic amines) is 1. The minimum Gasteiger partial charge on any atom is -0.344 e. The van der Waals surface area contributed by atoms with E-state index in [1.807, 2.05) is 17.2 Å². The molecule has 3 heterocycles. The molecule has 1 saturated heterocycles. The second-order valence-corrected chi connectivity index (χ2v) is 6.59. The highest BCUT2D eigenvalue weighted by atomic mass is 16.1. The largest absolute Gasteiger partial charge is 0.344 e. The Bertz CT molecular complexity index is 649. The molecule has 4 heteroatoms. The van der Waals surface area contributed by atoms with Crippen LogP contribution in [0.25, 0.3) is 5.52 Å². The SMILES string of the molecule is CC(c1cccc2ccnn12)C1CC2(C1)CN(C=O)C2. The Morgan fingerprint density at radius 2 is 2.15 bits per heavy atom. The van der Waals surface area contributed by atoms with E-state index in [4.69, 9.17) is 0 Å². The number of aromatic nitrogens is 2. The lowest BCUT2D eigenvalue weighted by molar-refractivity contribution is -0.142. The molecule has 1 saturated carbocycles. The molecular formula is C16H19N3O. The fourth-order valence-electron chi connectivity index (χ4n) is 4.11. The molecular weight excluding hydrogens is 250 g/mol. The summed E-state index contributed by atoms with van der Waals surface area (Å²) < 4.78 is 2.06. The van der Waals surface area contributed by atoms with Gasteiger partial charge in [0.2, 0.25) is 6.41 Å². The maximum absolute atomic E-state index is 10.7. The van der Waals surface area contributed by atoms with Gasteiger partial charge >= 0.3 is 0 Å². The van der Waals surface area contributed by atoms with E-state index in [1.165, 1.54) is 24.1 Å². The summed E-state index contributed by atoms with van der Waals surface area (Å²) in [4.78, 5) is 12.6. The fraction of sp³-hybridized carbons (Fsp3) is 0.500. The van der Waals surface area contributed by atoms with Gasteiger partial charge in [-0.25, -0.2) is 4.52 Å². The first kappa shape index (κ1) is 11.9. The molecule has 0 radical (unpaired) electrons. The molecule has 2 aliphatic rings. The molecule has 0 N–H and O–H groups in total. The first-order chi connectivity index (χ1) is 9.71. The number of hydrogen-bond donors (Lipinski definition) is 0. The molecule has 2 aromatic rings. The van der Waals surface area contributed by atoms with E-state index in [9.17, 15) is 4.79 Å².